The number of nitrogens with zero attached hydrogens (tertiary/aromatic N) is 1. The van der Waals surface area contributed by atoms with Crippen molar-refractivity contribution in [2.45, 2.75) is 71.9 Å². The molecule has 102 valence electrons. The van der Waals surface area contributed by atoms with Crippen molar-refractivity contribution in [3.05, 3.63) is 0 Å². The van der Waals surface area contributed by atoms with Gasteiger partial charge in [-0.2, -0.15) is 0 Å². The van der Waals surface area contributed by atoms with Crippen LogP contribution in [0.25, 0.3) is 0 Å². The smallest absolute Gasteiger partial charge is 0.0195 e. The molecule has 0 saturated carbocycles. The Morgan fingerprint density at radius 2 is 2.00 bits per heavy atom. The lowest BCUT2D eigenvalue weighted by atomic mass is 9.98. The Morgan fingerprint density at radius 1 is 1.24 bits per heavy atom. The summed E-state index contributed by atoms with van der Waals surface area (Å²) in [4.78, 5) is 2.73. The summed E-state index contributed by atoms with van der Waals surface area (Å²) in [6.45, 7) is 12.9. The van der Waals surface area contributed by atoms with Crippen LogP contribution in [0.5, 0.6) is 0 Å². The fourth-order valence-corrected chi connectivity index (χ4v) is 2.86. The number of likely N-dealkylation sites (tertiary alicyclic amines) is 1. The van der Waals surface area contributed by atoms with Crippen molar-refractivity contribution in [1.82, 2.24) is 10.2 Å². The van der Waals surface area contributed by atoms with Crippen LogP contribution in [-0.4, -0.2) is 36.6 Å². The molecule has 1 N–H and O–H groups in total. The van der Waals surface area contributed by atoms with Crippen LogP contribution in [0.3, 0.4) is 0 Å². The molecule has 1 aliphatic rings. The molecule has 0 aromatic rings. The molecule has 0 radical (unpaired) electrons. The zero-order valence-electron chi connectivity index (χ0n) is 12.3. The van der Waals surface area contributed by atoms with Crippen LogP contribution in [0, 0.1) is 5.92 Å². The first-order valence-corrected chi connectivity index (χ1v) is 7.61. The van der Waals surface area contributed by atoms with Crippen molar-refractivity contribution >= 4 is 0 Å². The summed E-state index contributed by atoms with van der Waals surface area (Å²) in [7, 11) is 0. The van der Waals surface area contributed by atoms with Crippen LogP contribution in [-0.2, 0) is 0 Å². The van der Waals surface area contributed by atoms with Crippen molar-refractivity contribution in [3.63, 3.8) is 0 Å². The molecule has 0 aromatic heterocycles. The van der Waals surface area contributed by atoms with E-state index in [1.54, 1.807) is 0 Å². The van der Waals surface area contributed by atoms with Crippen LogP contribution in [0.2, 0.25) is 0 Å². The van der Waals surface area contributed by atoms with E-state index in [4.69, 9.17) is 0 Å². The van der Waals surface area contributed by atoms with E-state index < -0.39 is 0 Å². The summed E-state index contributed by atoms with van der Waals surface area (Å²) in [6.07, 6.45) is 6.85. The van der Waals surface area contributed by atoms with Gasteiger partial charge in [-0.05, 0) is 51.6 Å². The topological polar surface area (TPSA) is 15.3 Å². The first-order valence-electron chi connectivity index (χ1n) is 7.61. The first-order chi connectivity index (χ1) is 8.15. The first kappa shape index (κ1) is 15.0. The highest BCUT2D eigenvalue weighted by Gasteiger charge is 2.24. The minimum atomic E-state index is 0.701. The second kappa shape index (κ2) is 8.10. The van der Waals surface area contributed by atoms with E-state index in [1.165, 1.54) is 45.2 Å². The molecule has 0 bridgehead atoms. The Kier molecular flexibility index (Phi) is 7.14. The van der Waals surface area contributed by atoms with Gasteiger partial charge < -0.3 is 5.32 Å². The molecule has 0 aliphatic carbocycles. The van der Waals surface area contributed by atoms with Crippen LogP contribution in [0.15, 0.2) is 0 Å². The van der Waals surface area contributed by atoms with Crippen molar-refractivity contribution in [3.8, 4) is 0 Å². The van der Waals surface area contributed by atoms with Gasteiger partial charge >= 0.3 is 0 Å². The quantitative estimate of drug-likeness (QED) is 0.687. The Bertz CT molecular complexity index is 191. The molecule has 0 aromatic carbocycles. The van der Waals surface area contributed by atoms with Crippen molar-refractivity contribution < 1.29 is 0 Å². The maximum atomic E-state index is 3.62. The van der Waals surface area contributed by atoms with Crippen LogP contribution in [0.4, 0.5) is 0 Å². The van der Waals surface area contributed by atoms with Crippen LogP contribution >= 0.6 is 0 Å². The third-order valence-corrected chi connectivity index (χ3v) is 4.05. The monoisotopic (exact) mass is 240 g/mol. The standard InChI is InChI=1S/C15H32N2/c1-5-15-8-6-7-11-17(15)14(4)12-16-10-9-13(2)3/h13-16H,5-12H2,1-4H3. The number of rotatable bonds is 7. The third-order valence-electron chi connectivity index (χ3n) is 4.05. The lowest BCUT2D eigenvalue weighted by Crippen LogP contribution is -2.48. The summed E-state index contributed by atoms with van der Waals surface area (Å²) < 4.78 is 0. The molecule has 2 unspecified atom stereocenters. The van der Waals surface area contributed by atoms with E-state index in [1.807, 2.05) is 0 Å². The van der Waals surface area contributed by atoms with Gasteiger partial charge in [-0.15, -0.1) is 0 Å². The summed E-state index contributed by atoms with van der Waals surface area (Å²) in [6, 6.07) is 1.54. The van der Waals surface area contributed by atoms with Gasteiger partial charge in [-0.1, -0.05) is 27.2 Å². The highest BCUT2D eigenvalue weighted by atomic mass is 15.2. The molecule has 17 heavy (non-hydrogen) atoms. The molecular formula is C15H32N2. The highest BCUT2D eigenvalue weighted by Crippen LogP contribution is 2.21. The molecule has 1 aliphatic heterocycles. The van der Waals surface area contributed by atoms with Crippen LogP contribution < -0.4 is 5.32 Å². The van der Waals surface area contributed by atoms with E-state index in [9.17, 15) is 0 Å². The van der Waals surface area contributed by atoms with Gasteiger partial charge in [0, 0.05) is 18.6 Å². The second-order valence-corrected chi connectivity index (χ2v) is 6.03. The Morgan fingerprint density at radius 3 is 2.65 bits per heavy atom. The molecule has 1 fully saturated rings. The lowest BCUT2D eigenvalue weighted by molar-refractivity contribution is 0.0992. The predicted octanol–water partition coefficient (Wildman–Crippen LogP) is 3.28. The predicted molar refractivity (Wildman–Crippen MR) is 76.4 cm³/mol. The highest BCUT2D eigenvalue weighted by molar-refractivity contribution is 4.81. The Labute approximate surface area is 108 Å². The Hall–Kier alpha value is -0.0800. The van der Waals surface area contributed by atoms with E-state index in [-0.39, 0.29) is 0 Å². The minimum absolute atomic E-state index is 0.701. The van der Waals surface area contributed by atoms with Crippen molar-refractivity contribution in [1.29, 1.82) is 0 Å². The number of nitrogens with one attached hydrogen (secondary N) is 1. The van der Waals surface area contributed by atoms with Gasteiger partial charge in [0.1, 0.15) is 0 Å². The maximum absolute atomic E-state index is 3.62. The number of hydrogen-bond acceptors (Lipinski definition) is 2. The third kappa shape index (κ3) is 5.39. The number of hydrogen-bond donors (Lipinski definition) is 1. The molecule has 2 nitrogen and oxygen atoms in total. The van der Waals surface area contributed by atoms with Crippen molar-refractivity contribution in [2.75, 3.05) is 19.6 Å². The molecule has 0 spiro atoms. The SMILES string of the molecule is CCC1CCCCN1C(C)CNCCC(C)C. The number of piperidine rings is 1. The fraction of sp³-hybridized carbons (Fsp3) is 1.00. The van der Waals surface area contributed by atoms with E-state index in [0.717, 1.165) is 18.5 Å². The van der Waals surface area contributed by atoms with Gasteiger partial charge in [0.2, 0.25) is 0 Å². The van der Waals surface area contributed by atoms with Gasteiger partial charge in [-0.3, -0.25) is 4.90 Å². The van der Waals surface area contributed by atoms with E-state index >= 15 is 0 Å². The van der Waals surface area contributed by atoms with Gasteiger partial charge in [0.05, 0.1) is 0 Å². The zero-order valence-corrected chi connectivity index (χ0v) is 12.3. The molecule has 1 rings (SSSR count). The fourth-order valence-electron chi connectivity index (χ4n) is 2.86. The molecule has 1 heterocycles. The molecule has 2 atom stereocenters. The summed E-state index contributed by atoms with van der Waals surface area (Å²) >= 11 is 0. The largest absolute Gasteiger partial charge is 0.315 e. The summed E-state index contributed by atoms with van der Waals surface area (Å²) in [5, 5.41) is 3.62. The lowest BCUT2D eigenvalue weighted by Gasteiger charge is -2.39. The second-order valence-electron chi connectivity index (χ2n) is 6.03. The summed E-state index contributed by atoms with van der Waals surface area (Å²) in [5.41, 5.74) is 0. The molecule has 2 heteroatoms. The molecule has 0 amide bonds. The average Bonchev–Trinajstić information content (AvgIpc) is 2.34. The maximum Gasteiger partial charge on any atom is 0.0195 e. The molecule has 1 saturated heterocycles. The van der Waals surface area contributed by atoms with Gasteiger partial charge in [0.15, 0.2) is 0 Å². The minimum Gasteiger partial charge on any atom is -0.315 e. The van der Waals surface area contributed by atoms with Crippen LogP contribution in [0.1, 0.15) is 59.8 Å². The van der Waals surface area contributed by atoms with E-state index in [2.05, 4.69) is 37.9 Å². The molecular weight excluding hydrogens is 208 g/mol. The van der Waals surface area contributed by atoms with Crippen molar-refractivity contribution in [2.24, 2.45) is 5.92 Å². The summed E-state index contributed by atoms with van der Waals surface area (Å²) in [5.74, 6) is 0.816. The van der Waals surface area contributed by atoms with E-state index in [0.29, 0.717) is 6.04 Å². The Balaban J connectivity index is 2.22. The average molecular weight is 240 g/mol. The zero-order chi connectivity index (χ0) is 12.7. The normalized spacial score (nSPS) is 24.2. The van der Waals surface area contributed by atoms with Gasteiger partial charge in [0.25, 0.3) is 0 Å². The van der Waals surface area contributed by atoms with Gasteiger partial charge in [-0.25, -0.2) is 0 Å².